The van der Waals surface area contributed by atoms with Crippen molar-refractivity contribution in [2.45, 2.75) is 0 Å². The van der Waals surface area contributed by atoms with E-state index in [1.165, 1.54) is 47.7 Å². The van der Waals surface area contributed by atoms with Gasteiger partial charge >= 0.3 is 0 Å². The summed E-state index contributed by atoms with van der Waals surface area (Å²) in [5.41, 5.74) is 8.09. The van der Waals surface area contributed by atoms with Crippen molar-refractivity contribution in [2.24, 2.45) is 0 Å². The molecule has 0 spiro atoms. The highest BCUT2D eigenvalue weighted by Gasteiger charge is 2.18. The molecule has 11 aromatic rings. The summed E-state index contributed by atoms with van der Waals surface area (Å²) in [5, 5.41) is 7.02. The second-order valence-corrected chi connectivity index (χ2v) is 13.9. The SMILES string of the molecule is c1ccc(-c2nc(-c3ccc4oc5ccccc5c4c3)nc(-c3ccc4sc5c(-n6c7ccccc7c7ccccc76)cccc5c4c3)n2)cc1. The summed E-state index contributed by atoms with van der Waals surface area (Å²) in [4.78, 5) is 15.2. The van der Waals surface area contributed by atoms with Gasteiger partial charge in [0.1, 0.15) is 11.2 Å². The third kappa shape index (κ3) is 4.37. The van der Waals surface area contributed by atoms with E-state index in [-0.39, 0.29) is 0 Å². The van der Waals surface area contributed by atoms with E-state index in [9.17, 15) is 0 Å². The summed E-state index contributed by atoms with van der Waals surface area (Å²) < 4.78 is 11.0. The highest BCUT2D eigenvalue weighted by Crippen LogP contribution is 2.42. The average molecular weight is 671 g/mol. The van der Waals surface area contributed by atoms with Gasteiger partial charge in [-0.1, -0.05) is 97.1 Å². The predicted octanol–water partition coefficient (Wildman–Crippen LogP) is 12.2. The summed E-state index contributed by atoms with van der Waals surface area (Å²) in [5.74, 6) is 1.89. The molecule has 0 radical (unpaired) electrons. The van der Waals surface area contributed by atoms with Crippen molar-refractivity contribution < 1.29 is 4.42 Å². The Morgan fingerprint density at radius 3 is 1.73 bits per heavy atom. The third-order valence-corrected chi connectivity index (χ3v) is 11.1. The lowest BCUT2D eigenvalue weighted by molar-refractivity contribution is 0.669. The molecule has 0 aliphatic heterocycles. The molecule has 0 bridgehead atoms. The highest BCUT2D eigenvalue weighted by atomic mass is 32.1. The number of thiophene rings is 1. The lowest BCUT2D eigenvalue weighted by Gasteiger charge is -2.09. The molecule has 0 aliphatic rings. The van der Waals surface area contributed by atoms with Gasteiger partial charge in [-0.3, -0.25) is 0 Å². The second-order valence-electron chi connectivity index (χ2n) is 12.8. The van der Waals surface area contributed by atoms with Crippen molar-refractivity contribution in [2.75, 3.05) is 0 Å². The molecule has 6 heteroatoms. The maximum absolute atomic E-state index is 6.12. The number of furan rings is 1. The summed E-state index contributed by atoms with van der Waals surface area (Å²) >= 11 is 1.83. The first kappa shape index (κ1) is 28.2. The molecule has 4 aromatic heterocycles. The van der Waals surface area contributed by atoms with Crippen LogP contribution in [0, 0.1) is 0 Å². The molecule has 0 unspecified atom stereocenters. The summed E-state index contributed by atoms with van der Waals surface area (Å²) in [6.07, 6.45) is 0. The third-order valence-electron chi connectivity index (χ3n) is 9.86. The Hall–Kier alpha value is -6.63. The molecule has 7 aromatic carbocycles. The van der Waals surface area contributed by atoms with Gasteiger partial charge in [-0.05, 0) is 60.7 Å². The van der Waals surface area contributed by atoms with Crippen LogP contribution in [-0.4, -0.2) is 19.5 Å². The van der Waals surface area contributed by atoms with Crippen LogP contribution in [0.3, 0.4) is 0 Å². The number of benzene rings is 7. The second kappa shape index (κ2) is 10.9. The van der Waals surface area contributed by atoms with Crippen LogP contribution in [0.1, 0.15) is 0 Å². The molecule has 0 atom stereocenters. The number of nitrogens with zero attached hydrogens (tertiary/aromatic N) is 4. The predicted molar refractivity (Wildman–Crippen MR) is 211 cm³/mol. The zero-order valence-electron chi connectivity index (χ0n) is 27.1. The molecule has 4 heterocycles. The van der Waals surface area contributed by atoms with E-state index < -0.39 is 0 Å². The van der Waals surface area contributed by atoms with Gasteiger partial charge in [0.05, 0.1) is 21.4 Å². The molecule has 238 valence electrons. The molecule has 0 saturated heterocycles. The van der Waals surface area contributed by atoms with Gasteiger partial charge in [0.25, 0.3) is 0 Å². The summed E-state index contributed by atoms with van der Waals surface area (Å²) in [6, 6.07) is 55.0. The number of fused-ring (bicyclic) bond motifs is 9. The minimum atomic E-state index is 0.620. The van der Waals surface area contributed by atoms with Crippen molar-refractivity contribution in [1.29, 1.82) is 0 Å². The monoisotopic (exact) mass is 670 g/mol. The Morgan fingerprint density at radius 2 is 0.980 bits per heavy atom. The van der Waals surface area contributed by atoms with E-state index in [1.54, 1.807) is 0 Å². The number of aromatic nitrogens is 4. The van der Waals surface area contributed by atoms with E-state index in [2.05, 4.69) is 102 Å². The Balaban J connectivity index is 1.10. The molecular formula is C45H26N4OS. The fourth-order valence-electron chi connectivity index (χ4n) is 7.50. The number of para-hydroxylation sites is 3. The topological polar surface area (TPSA) is 56.7 Å². The zero-order valence-corrected chi connectivity index (χ0v) is 27.9. The Labute approximate surface area is 295 Å². The van der Waals surface area contributed by atoms with Crippen molar-refractivity contribution in [3.05, 3.63) is 158 Å². The molecule has 51 heavy (non-hydrogen) atoms. The van der Waals surface area contributed by atoms with Gasteiger partial charge in [-0.2, -0.15) is 0 Å². The molecule has 0 aliphatic carbocycles. The largest absolute Gasteiger partial charge is 0.456 e. The van der Waals surface area contributed by atoms with E-state index in [0.717, 1.165) is 38.6 Å². The normalized spacial score (nSPS) is 11.9. The van der Waals surface area contributed by atoms with Gasteiger partial charge in [0.15, 0.2) is 17.5 Å². The van der Waals surface area contributed by atoms with Crippen LogP contribution in [0.25, 0.3) is 104 Å². The van der Waals surface area contributed by atoms with Crippen LogP contribution < -0.4 is 0 Å². The molecule has 0 amide bonds. The fraction of sp³-hybridized carbons (Fsp3) is 0. The van der Waals surface area contributed by atoms with Crippen LogP contribution in [-0.2, 0) is 0 Å². The molecular weight excluding hydrogens is 645 g/mol. The maximum Gasteiger partial charge on any atom is 0.164 e. The van der Waals surface area contributed by atoms with Crippen molar-refractivity contribution >= 4 is 75.3 Å². The van der Waals surface area contributed by atoms with Crippen molar-refractivity contribution in [3.63, 3.8) is 0 Å². The molecule has 0 fully saturated rings. The number of hydrogen-bond acceptors (Lipinski definition) is 5. The first-order chi connectivity index (χ1) is 25.3. The average Bonchev–Trinajstić information content (AvgIpc) is 3.87. The minimum Gasteiger partial charge on any atom is -0.456 e. The highest BCUT2D eigenvalue weighted by molar-refractivity contribution is 7.26. The van der Waals surface area contributed by atoms with Crippen LogP contribution in [0.4, 0.5) is 0 Å². The van der Waals surface area contributed by atoms with E-state index in [1.807, 2.05) is 72.0 Å². The van der Waals surface area contributed by atoms with Gasteiger partial charge in [-0.15, -0.1) is 11.3 Å². The Kier molecular flexibility index (Phi) is 6.05. The van der Waals surface area contributed by atoms with Crippen LogP contribution >= 0.6 is 11.3 Å². The minimum absolute atomic E-state index is 0.620. The van der Waals surface area contributed by atoms with Crippen LogP contribution in [0.2, 0.25) is 0 Å². The standard InChI is InChI=1S/C45H26N4OS/c1-2-11-27(12-3-1)43-46-44(28-21-23-40-34(25-28)32-15-6-9-20-39(32)50-40)48-45(47-43)29-22-24-41-35(26-29)33-16-10-19-38(42(33)51-41)49-36-17-7-4-13-30(36)31-14-5-8-18-37(31)49/h1-26H. The zero-order chi connectivity index (χ0) is 33.5. The van der Waals surface area contributed by atoms with Crippen LogP contribution in [0.15, 0.2) is 162 Å². The number of hydrogen-bond donors (Lipinski definition) is 0. The molecule has 0 N–H and O–H groups in total. The lowest BCUT2D eigenvalue weighted by Crippen LogP contribution is -2.00. The van der Waals surface area contributed by atoms with E-state index >= 15 is 0 Å². The van der Waals surface area contributed by atoms with E-state index in [0.29, 0.717) is 17.5 Å². The van der Waals surface area contributed by atoms with Gasteiger partial charge in [0, 0.05) is 53.7 Å². The Bertz CT molecular complexity index is 3100. The summed E-state index contributed by atoms with van der Waals surface area (Å²) in [6.45, 7) is 0. The molecule has 11 rings (SSSR count). The van der Waals surface area contributed by atoms with Gasteiger partial charge in [0.2, 0.25) is 0 Å². The molecule has 0 saturated carbocycles. The van der Waals surface area contributed by atoms with Gasteiger partial charge in [-0.25, -0.2) is 15.0 Å². The molecule has 5 nitrogen and oxygen atoms in total. The number of rotatable bonds is 4. The van der Waals surface area contributed by atoms with Crippen LogP contribution in [0.5, 0.6) is 0 Å². The summed E-state index contributed by atoms with van der Waals surface area (Å²) in [7, 11) is 0. The first-order valence-electron chi connectivity index (χ1n) is 16.9. The quantitative estimate of drug-likeness (QED) is 0.187. The van der Waals surface area contributed by atoms with E-state index in [4.69, 9.17) is 19.4 Å². The van der Waals surface area contributed by atoms with Crippen molar-refractivity contribution in [1.82, 2.24) is 19.5 Å². The smallest absolute Gasteiger partial charge is 0.164 e. The first-order valence-corrected chi connectivity index (χ1v) is 17.8. The van der Waals surface area contributed by atoms with Gasteiger partial charge < -0.3 is 8.98 Å². The fourth-order valence-corrected chi connectivity index (χ4v) is 8.68. The Morgan fingerprint density at radius 1 is 0.412 bits per heavy atom. The maximum atomic E-state index is 6.12. The lowest BCUT2D eigenvalue weighted by atomic mass is 10.1. The van der Waals surface area contributed by atoms with Crippen molar-refractivity contribution in [3.8, 4) is 39.9 Å².